The van der Waals surface area contributed by atoms with Crippen molar-refractivity contribution in [2.24, 2.45) is 0 Å². The number of aryl methyl sites for hydroxylation is 2. The zero-order valence-electron chi connectivity index (χ0n) is 17.2. The molecule has 152 valence electrons. The quantitative estimate of drug-likeness (QED) is 0.667. The van der Waals surface area contributed by atoms with Crippen LogP contribution in [0.5, 0.6) is 0 Å². The van der Waals surface area contributed by atoms with E-state index in [1.54, 1.807) is 0 Å². The normalized spacial score (nSPS) is 12.5. The minimum atomic E-state index is 0.0344. The van der Waals surface area contributed by atoms with Gasteiger partial charge in [0.05, 0.1) is 0 Å². The highest BCUT2D eigenvalue weighted by Gasteiger charge is 2.26. The van der Waals surface area contributed by atoms with Crippen LogP contribution in [0.1, 0.15) is 39.0 Å². The summed E-state index contributed by atoms with van der Waals surface area (Å²) in [6.45, 7) is 3.12. The van der Waals surface area contributed by atoms with Crippen molar-refractivity contribution in [1.29, 1.82) is 0 Å². The highest BCUT2D eigenvalue weighted by atomic mass is 16.2. The number of hydrogen-bond donors (Lipinski definition) is 1. The number of rotatable bonds is 6. The van der Waals surface area contributed by atoms with Crippen LogP contribution in [0.3, 0.4) is 0 Å². The van der Waals surface area contributed by atoms with E-state index in [9.17, 15) is 9.59 Å². The molecule has 0 aliphatic carbocycles. The van der Waals surface area contributed by atoms with Gasteiger partial charge in [-0.25, -0.2) is 0 Å². The van der Waals surface area contributed by atoms with E-state index < -0.39 is 0 Å². The van der Waals surface area contributed by atoms with Gasteiger partial charge in [-0.15, -0.1) is 0 Å². The molecule has 0 saturated heterocycles. The third-order valence-electron chi connectivity index (χ3n) is 5.64. The van der Waals surface area contributed by atoms with Crippen molar-refractivity contribution in [1.82, 2.24) is 5.32 Å². The van der Waals surface area contributed by atoms with Gasteiger partial charge >= 0.3 is 0 Å². The molecule has 0 saturated carbocycles. The van der Waals surface area contributed by atoms with Crippen LogP contribution in [0.2, 0.25) is 0 Å². The van der Waals surface area contributed by atoms with E-state index in [0.29, 0.717) is 19.5 Å². The Bertz CT molecular complexity index is 1060. The molecule has 2 amide bonds. The lowest BCUT2D eigenvalue weighted by Crippen LogP contribution is -2.29. The Hall–Kier alpha value is -3.40. The standard InChI is InChI=1S/C26H26N2O2/c1-19-7-5-6-10-23(19)26(30)28-16-15-22-13-11-21(17-24(22)28)18-27-25(29)14-12-20-8-3-2-4-9-20/h2-11,13,17H,12,14-16,18H2,1H3,(H,27,29). The molecule has 3 aromatic carbocycles. The Morgan fingerprint density at radius 1 is 0.933 bits per heavy atom. The van der Waals surface area contributed by atoms with Gasteiger partial charge in [-0.1, -0.05) is 60.7 Å². The van der Waals surface area contributed by atoms with Gasteiger partial charge in [0.15, 0.2) is 0 Å². The van der Waals surface area contributed by atoms with Gasteiger partial charge in [0.1, 0.15) is 0 Å². The van der Waals surface area contributed by atoms with Crippen molar-refractivity contribution < 1.29 is 9.59 Å². The molecule has 30 heavy (non-hydrogen) atoms. The Kier molecular flexibility index (Phi) is 5.94. The smallest absolute Gasteiger partial charge is 0.258 e. The van der Waals surface area contributed by atoms with Crippen molar-refractivity contribution >= 4 is 17.5 Å². The lowest BCUT2D eigenvalue weighted by atomic mass is 10.1. The minimum absolute atomic E-state index is 0.0344. The maximum atomic E-state index is 13.1. The third kappa shape index (κ3) is 4.43. The second kappa shape index (κ2) is 8.95. The van der Waals surface area contributed by atoms with Crippen LogP contribution in [0, 0.1) is 6.92 Å². The van der Waals surface area contributed by atoms with Crippen LogP contribution in [0.25, 0.3) is 0 Å². The van der Waals surface area contributed by atoms with Crippen LogP contribution in [0.4, 0.5) is 5.69 Å². The number of nitrogens with one attached hydrogen (secondary N) is 1. The van der Waals surface area contributed by atoms with E-state index >= 15 is 0 Å². The maximum absolute atomic E-state index is 13.1. The Labute approximate surface area is 177 Å². The van der Waals surface area contributed by atoms with Crippen LogP contribution < -0.4 is 10.2 Å². The van der Waals surface area contributed by atoms with Crippen molar-refractivity contribution in [2.45, 2.75) is 32.7 Å². The van der Waals surface area contributed by atoms with Crippen LogP contribution in [-0.4, -0.2) is 18.4 Å². The fourth-order valence-electron chi connectivity index (χ4n) is 3.90. The molecule has 0 aromatic heterocycles. The van der Waals surface area contributed by atoms with Crippen LogP contribution in [0.15, 0.2) is 72.8 Å². The fraction of sp³-hybridized carbons (Fsp3) is 0.231. The highest BCUT2D eigenvalue weighted by molar-refractivity contribution is 6.08. The van der Waals surface area contributed by atoms with E-state index in [1.807, 2.05) is 78.6 Å². The largest absolute Gasteiger partial charge is 0.352 e. The molecule has 0 atom stereocenters. The number of nitrogens with zero attached hydrogens (tertiary/aromatic N) is 1. The van der Waals surface area contributed by atoms with E-state index in [-0.39, 0.29) is 11.8 Å². The van der Waals surface area contributed by atoms with Gasteiger partial charge in [0.2, 0.25) is 5.91 Å². The molecule has 0 unspecified atom stereocenters. The molecule has 1 aliphatic heterocycles. The van der Waals surface area contributed by atoms with Gasteiger partial charge in [-0.05, 0) is 54.2 Å². The summed E-state index contributed by atoms with van der Waals surface area (Å²) in [5.74, 6) is 0.0723. The molecule has 3 aromatic rings. The highest BCUT2D eigenvalue weighted by Crippen LogP contribution is 2.31. The molecule has 0 radical (unpaired) electrons. The summed E-state index contributed by atoms with van der Waals surface area (Å²) in [4.78, 5) is 27.2. The molecule has 4 nitrogen and oxygen atoms in total. The summed E-state index contributed by atoms with van der Waals surface area (Å²) in [5.41, 5.74) is 6.03. The zero-order valence-corrected chi connectivity index (χ0v) is 17.2. The lowest BCUT2D eigenvalue weighted by Gasteiger charge is -2.19. The first-order valence-electron chi connectivity index (χ1n) is 10.4. The van der Waals surface area contributed by atoms with Gasteiger partial charge < -0.3 is 10.2 Å². The maximum Gasteiger partial charge on any atom is 0.258 e. The second-order valence-electron chi connectivity index (χ2n) is 7.75. The SMILES string of the molecule is Cc1ccccc1C(=O)N1CCc2ccc(CNC(=O)CCc3ccccc3)cc21. The summed E-state index contributed by atoms with van der Waals surface area (Å²) in [6.07, 6.45) is 2.05. The van der Waals surface area contributed by atoms with Gasteiger partial charge in [0, 0.05) is 30.8 Å². The van der Waals surface area contributed by atoms with E-state index in [0.717, 1.165) is 40.8 Å². The number of anilines is 1. The van der Waals surface area contributed by atoms with Gasteiger partial charge in [0.25, 0.3) is 5.91 Å². The zero-order chi connectivity index (χ0) is 20.9. The molecule has 1 aliphatic rings. The van der Waals surface area contributed by atoms with Crippen molar-refractivity contribution in [3.05, 3.63) is 101 Å². The first-order chi connectivity index (χ1) is 14.6. The average Bonchev–Trinajstić information content (AvgIpc) is 3.20. The number of carbonyl (C=O) groups is 2. The third-order valence-corrected chi connectivity index (χ3v) is 5.64. The van der Waals surface area contributed by atoms with Gasteiger partial charge in [-0.2, -0.15) is 0 Å². The van der Waals surface area contributed by atoms with Crippen molar-refractivity contribution in [3.8, 4) is 0 Å². The number of benzene rings is 3. The van der Waals surface area contributed by atoms with Crippen molar-refractivity contribution in [2.75, 3.05) is 11.4 Å². The Morgan fingerprint density at radius 3 is 2.50 bits per heavy atom. The first kappa shape index (κ1) is 19.9. The molecule has 4 heteroatoms. The molecule has 0 fully saturated rings. The Morgan fingerprint density at radius 2 is 1.70 bits per heavy atom. The second-order valence-corrected chi connectivity index (χ2v) is 7.75. The fourth-order valence-corrected chi connectivity index (χ4v) is 3.90. The average molecular weight is 399 g/mol. The summed E-state index contributed by atoms with van der Waals surface area (Å²) >= 11 is 0. The predicted molar refractivity (Wildman–Crippen MR) is 120 cm³/mol. The number of carbonyl (C=O) groups excluding carboxylic acids is 2. The number of amides is 2. The molecule has 0 bridgehead atoms. The number of fused-ring (bicyclic) bond motifs is 1. The van der Waals surface area contributed by atoms with Gasteiger partial charge in [-0.3, -0.25) is 9.59 Å². The minimum Gasteiger partial charge on any atom is -0.352 e. The number of hydrogen-bond acceptors (Lipinski definition) is 2. The van der Waals surface area contributed by atoms with Crippen molar-refractivity contribution in [3.63, 3.8) is 0 Å². The molecule has 4 rings (SSSR count). The predicted octanol–water partition coefficient (Wildman–Crippen LogP) is 4.45. The summed E-state index contributed by atoms with van der Waals surface area (Å²) in [7, 11) is 0. The molecule has 1 heterocycles. The van der Waals surface area contributed by atoms with E-state index in [4.69, 9.17) is 0 Å². The summed E-state index contributed by atoms with van der Waals surface area (Å²) < 4.78 is 0. The Balaban J connectivity index is 1.40. The summed E-state index contributed by atoms with van der Waals surface area (Å²) in [5, 5.41) is 3.00. The molecule has 0 spiro atoms. The monoisotopic (exact) mass is 398 g/mol. The van der Waals surface area contributed by atoms with Crippen LogP contribution >= 0.6 is 0 Å². The topological polar surface area (TPSA) is 49.4 Å². The van der Waals surface area contributed by atoms with Crippen LogP contribution in [-0.2, 0) is 24.2 Å². The summed E-state index contributed by atoms with van der Waals surface area (Å²) in [6, 6.07) is 23.9. The molecule has 1 N–H and O–H groups in total. The first-order valence-corrected chi connectivity index (χ1v) is 10.4. The molecular formula is C26H26N2O2. The molecular weight excluding hydrogens is 372 g/mol. The van der Waals surface area contributed by atoms with E-state index in [2.05, 4.69) is 11.4 Å². The lowest BCUT2D eigenvalue weighted by molar-refractivity contribution is -0.121. The van der Waals surface area contributed by atoms with E-state index in [1.165, 1.54) is 5.56 Å².